The Morgan fingerprint density at radius 2 is 1.76 bits per heavy atom. The van der Waals surface area contributed by atoms with Crippen LogP contribution in [0.1, 0.15) is 5.56 Å². The van der Waals surface area contributed by atoms with E-state index in [1.807, 2.05) is 30.3 Å². The number of nitrogens with zero attached hydrogens (tertiary/aromatic N) is 2. The van der Waals surface area contributed by atoms with Crippen molar-refractivity contribution in [1.29, 1.82) is 5.41 Å². The van der Waals surface area contributed by atoms with Gasteiger partial charge in [0.15, 0.2) is 0 Å². The predicted octanol–water partition coefficient (Wildman–Crippen LogP) is 2.57. The summed E-state index contributed by atoms with van der Waals surface area (Å²) in [6.07, 6.45) is 0.831. The van der Waals surface area contributed by atoms with Crippen LogP contribution in [0.2, 0.25) is 5.02 Å². The Bertz CT molecular complexity index is 775. The first-order valence-electron chi connectivity index (χ1n) is 6.65. The molecule has 2 aromatic carbocycles. The third-order valence-electron chi connectivity index (χ3n) is 3.28. The number of aromatic nitrogens is 2. The molecule has 0 fully saturated rings. The van der Waals surface area contributed by atoms with Gasteiger partial charge in [-0.05, 0) is 29.8 Å². The molecule has 1 heterocycles. The maximum atomic E-state index is 7.88. The zero-order valence-electron chi connectivity index (χ0n) is 11.3. The first kappa shape index (κ1) is 13.6. The van der Waals surface area contributed by atoms with Gasteiger partial charge in [0.25, 0.3) is 11.2 Å². The van der Waals surface area contributed by atoms with Crippen LogP contribution in [0.25, 0.3) is 11.3 Å². The molecule has 0 atom stereocenters. The Hall–Kier alpha value is -2.33. The highest BCUT2D eigenvalue weighted by Crippen LogP contribution is 2.15. The number of rotatable bonds is 4. The van der Waals surface area contributed by atoms with Crippen molar-refractivity contribution in [3.05, 3.63) is 70.7 Å². The minimum atomic E-state index is 0.0605. The van der Waals surface area contributed by atoms with Crippen LogP contribution < -0.4 is 15.5 Å². The monoisotopic (exact) mass is 299 g/mol. The molecule has 3 aromatic rings. The molecular formula is C16H14ClN3O. The van der Waals surface area contributed by atoms with E-state index in [0.717, 1.165) is 12.0 Å². The molecular weight excluding hydrogens is 286 g/mol. The van der Waals surface area contributed by atoms with Gasteiger partial charge >= 0.3 is 0 Å². The molecule has 0 saturated heterocycles. The van der Waals surface area contributed by atoms with Crippen LogP contribution in [0.3, 0.4) is 0 Å². The van der Waals surface area contributed by atoms with E-state index in [9.17, 15) is 0 Å². The predicted molar refractivity (Wildman–Crippen MR) is 78.7 cm³/mol. The third-order valence-corrected chi connectivity index (χ3v) is 3.53. The first-order chi connectivity index (χ1) is 10.2. The zero-order valence-corrected chi connectivity index (χ0v) is 12.0. The Kier molecular flexibility index (Phi) is 3.88. The molecule has 21 heavy (non-hydrogen) atoms. The first-order valence-corrected chi connectivity index (χ1v) is 7.03. The molecule has 0 saturated carbocycles. The second-order valence-corrected chi connectivity index (χ2v) is 5.15. The highest BCUT2D eigenvalue weighted by Gasteiger charge is 2.14. The van der Waals surface area contributed by atoms with Crippen molar-refractivity contribution in [2.45, 2.75) is 13.0 Å². The van der Waals surface area contributed by atoms with Crippen LogP contribution in [0.15, 0.2) is 59.1 Å². The zero-order chi connectivity index (χ0) is 14.7. The number of hydrogen-bond acceptors (Lipinski definition) is 2. The summed E-state index contributed by atoms with van der Waals surface area (Å²) in [6, 6.07) is 17.5. The smallest absolute Gasteiger partial charge is 0.273 e. The van der Waals surface area contributed by atoms with E-state index >= 15 is 0 Å². The van der Waals surface area contributed by atoms with Gasteiger partial charge in [-0.2, -0.15) is 0 Å². The lowest BCUT2D eigenvalue weighted by Gasteiger charge is -2.03. The molecule has 1 N–H and O–H groups in total. The largest absolute Gasteiger partial charge is 0.486 e. The molecule has 0 radical (unpaired) electrons. The number of hydrogen-bond donors (Lipinski definition) is 1. The summed E-state index contributed by atoms with van der Waals surface area (Å²) in [6.45, 7) is 0.657. The van der Waals surface area contributed by atoms with Gasteiger partial charge < -0.3 is 4.52 Å². The van der Waals surface area contributed by atoms with Crippen LogP contribution in [0.5, 0.6) is 0 Å². The molecule has 0 aliphatic carbocycles. The molecule has 3 rings (SSSR count). The lowest BCUT2D eigenvalue weighted by atomic mass is 10.1. The van der Waals surface area contributed by atoms with Crippen LogP contribution in [0.4, 0.5) is 0 Å². The quantitative estimate of drug-likeness (QED) is 0.753. The standard InChI is InChI=1S/C16H14ClN3O/c17-14-8-6-13(7-9-14)15-16(18)21-19-20(15)11-10-12-4-2-1-3-5-12/h1-9,18H,10-11H2. The summed E-state index contributed by atoms with van der Waals surface area (Å²) < 4.78 is 6.74. The van der Waals surface area contributed by atoms with E-state index in [-0.39, 0.29) is 5.55 Å². The second kappa shape index (κ2) is 5.97. The molecule has 0 unspecified atom stereocenters. The van der Waals surface area contributed by atoms with Gasteiger partial charge in [-0.1, -0.05) is 41.9 Å². The van der Waals surface area contributed by atoms with Crippen LogP contribution in [-0.4, -0.2) is 0 Å². The van der Waals surface area contributed by atoms with Gasteiger partial charge in [0.2, 0.25) is 0 Å². The van der Waals surface area contributed by atoms with Crippen molar-refractivity contribution in [1.82, 2.24) is 5.27 Å². The van der Waals surface area contributed by atoms with Crippen LogP contribution in [-0.2, 0) is 13.0 Å². The molecule has 5 heteroatoms. The Balaban J connectivity index is 1.87. The van der Waals surface area contributed by atoms with E-state index in [4.69, 9.17) is 21.5 Å². The number of nitrogens with one attached hydrogen (secondary N) is 1. The molecule has 0 aliphatic rings. The SMILES string of the molecule is N=c1o[n-][n+](CCc2ccccc2)c1-c1ccc(Cl)cc1. The molecule has 1 aromatic heterocycles. The van der Waals surface area contributed by atoms with Gasteiger partial charge in [-0.25, -0.2) is 4.68 Å². The number of benzene rings is 2. The van der Waals surface area contributed by atoms with Gasteiger partial charge in [0.05, 0.1) is 5.56 Å². The average Bonchev–Trinajstić information content (AvgIpc) is 2.88. The summed E-state index contributed by atoms with van der Waals surface area (Å²) in [5.41, 5.74) is 2.83. The van der Waals surface area contributed by atoms with Crippen molar-refractivity contribution < 1.29 is 9.20 Å². The van der Waals surface area contributed by atoms with Gasteiger partial charge in [-0.3, -0.25) is 10.7 Å². The summed E-state index contributed by atoms with van der Waals surface area (Å²) in [4.78, 5) is 0. The topological polar surface area (TPSA) is 55.0 Å². The van der Waals surface area contributed by atoms with Gasteiger partial charge in [0.1, 0.15) is 6.54 Å². The lowest BCUT2D eigenvalue weighted by molar-refractivity contribution is -0.757. The Morgan fingerprint density at radius 3 is 2.48 bits per heavy atom. The molecule has 4 nitrogen and oxygen atoms in total. The van der Waals surface area contributed by atoms with E-state index in [0.29, 0.717) is 17.3 Å². The fourth-order valence-electron chi connectivity index (χ4n) is 2.21. The van der Waals surface area contributed by atoms with Crippen molar-refractivity contribution in [3.8, 4) is 11.3 Å². The lowest BCUT2D eigenvalue weighted by Crippen LogP contribution is -2.41. The van der Waals surface area contributed by atoms with Crippen molar-refractivity contribution in [2.75, 3.05) is 0 Å². The summed E-state index contributed by atoms with van der Waals surface area (Å²) in [5.74, 6) is 0. The van der Waals surface area contributed by atoms with Crippen molar-refractivity contribution in [3.63, 3.8) is 0 Å². The van der Waals surface area contributed by atoms with Gasteiger partial charge in [-0.15, -0.1) is 0 Å². The fraction of sp³-hybridized carbons (Fsp3) is 0.125. The molecule has 106 valence electrons. The maximum absolute atomic E-state index is 7.88. The maximum Gasteiger partial charge on any atom is 0.273 e. The number of halogens is 1. The second-order valence-electron chi connectivity index (χ2n) is 4.72. The molecule has 0 amide bonds. The summed E-state index contributed by atoms with van der Waals surface area (Å²) >= 11 is 5.90. The Morgan fingerprint density at radius 1 is 1.05 bits per heavy atom. The van der Waals surface area contributed by atoms with Crippen molar-refractivity contribution in [2.24, 2.45) is 0 Å². The van der Waals surface area contributed by atoms with Gasteiger partial charge in [0, 0.05) is 11.4 Å². The summed E-state index contributed by atoms with van der Waals surface area (Å²) in [5, 5.41) is 12.5. The highest BCUT2D eigenvalue weighted by atomic mass is 35.5. The Labute approximate surface area is 127 Å². The molecule has 0 aliphatic heterocycles. The van der Waals surface area contributed by atoms with Crippen molar-refractivity contribution >= 4 is 11.6 Å². The minimum Gasteiger partial charge on any atom is -0.486 e. The van der Waals surface area contributed by atoms with Crippen LogP contribution in [0, 0.1) is 5.41 Å². The average molecular weight is 300 g/mol. The van der Waals surface area contributed by atoms with E-state index in [2.05, 4.69) is 17.4 Å². The third kappa shape index (κ3) is 3.06. The summed E-state index contributed by atoms with van der Waals surface area (Å²) in [7, 11) is 0. The molecule has 0 bridgehead atoms. The van der Waals surface area contributed by atoms with Crippen LogP contribution >= 0.6 is 11.6 Å². The normalized spacial score (nSPS) is 10.7. The molecule has 0 spiro atoms. The number of aryl methyl sites for hydroxylation is 2. The van der Waals surface area contributed by atoms with E-state index in [1.165, 1.54) is 5.56 Å². The minimum absolute atomic E-state index is 0.0605. The van der Waals surface area contributed by atoms with E-state index < -0.39 is 0 Å². The van der Waals surface area contributed by atoms with E-state index in [1.54, 1.807) is 16.8 Å². The fourth-order valence-corrected chi connectivity index (χ4v) is 2.34. The highest BCUT2D eigenvalue weighted by molar-refractivity contribution is 6.30.